The molecule has 0 saturated carbocycles. The summed E-state index contributed by atoms with van der Waals surface area (Å²) < 4.78 is 5.25. The van der Waals surface area contributed by atoms with Gasteiger partial charge in [-0.15, -0.1) is 0 Å². The third-order valence-electron chi connectivity index (χ3n) is 5.01. The quantitative estimate of drug-likeness (QED) is 0.364. The zero-order valence-electron chi connectivity index (χ0n) is 18.3. The summed E-state index contributed by atoms with van der Waals surface area (Å²) in [6, 6.07) is 24.6. The van der Waals surface area contributed by atoms with E-state index < -0.39 is 0 Å². The number of ether oxygens (including phenoxy) is 1. The summed E-state index contributed by atoms with van der Waals surface area (Å²) in [5.41, 5.74) is 5.12. The number of carbonyl (C=O) groups excluding carboxylic acids is 1. The van der Waals surface area contributed by atoms with Crippen LogP contribution in [0.2, 0.25) is 5.02 Å². The average molecular weight is 459 g/mol. The van der Waals surface area contributed by atoms with Gasteiger partial charge in [0.1, 0.15) is 5.75 Å². The van der Waals surface area contributed by atoms with E-state index in [1.807, 2.05) is 73.7 Å². The average Bonchev–Trinajstić information content (AvgIpc) is 2.84. The van der Waals surface area contributed by atoms with E-state index in [2.05, 4.69) is 20.6 Å². The first-order chi connectivity index (χ1) is 16.0. The van der Waals surface area contributed by atoms with Crippen LogP contribution in [0.3, 0.4) is 0 Å². The highest BCUT2D eigenvalue weighted by molar-refractivity contribution is 6.30. The summed E-state index contributed by atoms with van der Waals surface area (Å²) in [6.07, 6.45) is 0. The minimum atomic E-state index is -0.246. The normalized spacial score (nSPS) is 10.5. The first kappa shape index (κ1) is 22.3. The van der Waals surface area contributed by atoms with Crippen LogP contribution in [0.25, 0.3) is 22.5 Å². The van der Waals surface area contributed by atoms with Crippen LogP contribution in [0.1, 0.15) is 5.56 Å². The van der Waals surface area contributed by atoms with Gasteiger partial charge in [-0.2, -0.15) is 0 Å². The van der Waals surface area contributed by atoms with Crippen LogP contribution >= 0.6 is 11.6 Å². The van der Waals surface area contributed by atoms with E-state index in [1.54, 1.807) is 19.2 Å². The van der Waals surface area contributed by atoms with E-state index >= 15 is 0 Å². The van der Waals surface area contributed by atoms with Crippen LogP contribution in [0, 0.1) is 6.92 Å². The molecule has 0 fully saturated rings. The van der Waals surface area contributed by atoms with Crippen LogP contribution in [0.15, 0.2) is 78.9 Å². The lowest BCUT2D eigenvalue weighted by Gasteiger charge is -2.11. The second-order valence-corrected chi connectivity index (χ2v) is 7.90. The Morgan fingerprint density at radius 3 is 2.03 bits per heavy atom. The van der Waals surface area contributed by atoms with Gasteiger partial charge in [-0.25, -0.2) is 9.97 Å². The number of methoxy groups -OCH3 is 1. The first-order valence-electron chi connectivity index (χ1n) is 10.4. The molecule has 1 amide bonds. The summed E-state index contributed by atoms with van der Waals surface area (Å²) in [5, 5.41) is 6.55. The van der Waals surface area contributed by atoms with E-state index in [9.17, 15) is 4.79 Å². The van der Waals surface area contributed by atoms with Crippen molar-refractivity contribution in [2.24, 2.45) is 0 Å². The van der Waals surface area contributed by atoms with Crippen molar-refractivity contribution in [1.29, 1.82) is 0 Å². The van der Waals surface area contributed by atoms with E-state index in [-0.39, 0.29) is 18.4 Å². The van der Waals surface area contributed by atoms with Crippen molar-refractivity contribution in [3.63, 3.8) is 0 Å². The van der Waals surface area contributed by atoms with Crippen LogP contribution in [0.5, 0.6) is 5.75 Å². The maximum absolute atomic E-state index is 12.6. The zero-order valence-corrected chi connectivity index (χ0v) is 19.1. The highest BCUT2D eigenvalue weighted by Gasteiger charge is 2.12. The van der Waals surface area contributed by atoms with Gasteiger partial charge in [0.15, 0.2) is 0 Å². The molecular weight excluding hydrogens is 436 g/mol. The van der Waals surface area contributed by atoms with Crippen molar-refractivity contribution in [3.05, 3.63) is 89.4 Å². The van der Waals surface area contributed by atoms with E-state index in [1.165, 1.54) is 0 Å². The van der Waals surface area contributed by atoms with Gasteiger partial charge in [-0.05, 0) is 61.5 Å². The fourth-order valence-corrected chi connectivity index (χ4v) is 3.33. The van der Waals surface area contributed by atoms with Crippen molar-refractivity contribution in [1.82, 2.24) is 9.97 Å². The molecule has 166 valence electrons. The summed E-state index contributed by atoms with van der Waals surface area (Å²) in [7, 11) is 1.62. The Kier molecular flexibility index (Phi) is 6.86. The molecule has 0 atom stereocenters. The lowest BCUT2D eigenvalue weighted by molar-refractivity contribution is -0.114. The number of rotatable bonds is 7. The topological polar surface area (TPSA) is 76.1 Å². The van der Waals surface area contributed by atoms with Gasteiger partial charge in [-0.1, -0.05) is 41.4 Å². The molecule has 2 N–H and O–H groups in total. The summed E-state index contributed by atoms with van der Waals surface area (Å²) in [5.74, 6) is 0.731. The standard InChI is InChI=1S/C26H23ClN4O2/c1-17-3-11-21(12-4-17)28-16-25(32)31-26-29-23(18-5-9-20(27)10-6-18)15-24(30-26)19-7-13-22(33-2)14-8-19/h3-15,28H,16H2,1-2H3,(H,29,30,31,32). The minimum absolute atomic E-state index is 0.0927. The van der Waals surface area contributed by atoms with Gasteiger partial charge in [0.05, 0.1) is 25.0 Å². The number of benzene rings is 3. The second-order valence-electron chi connectivity index (χ2n) is 7.47. The molecule has 6 nitrogen and oxygen atoms in total. The molecule has 0 bridgehead atoms. The third kappa shape index (κ3) is 5.87. The number of nitrogens with zero attached hydrogens (tertiary/aromatic N) is 2. The number of carbonyl (C=O) groups is 1. The molecule has 33 heavy (non-hydrogen) atoms. The molecule has 0 spiro atoms. The van der Waals surface area contributed by atoms with Gasteiger partial charge >= 0.3 is 0 Å². The second kappa shape index (κ2) is 10.1. The fourth-order valence-electron chi connectivity index (χ4n) is 3.20. The lowest BCUT2D eigenvalue weighted by atomic mass is 10.1. The number of nitrogens with one attached hydrogen (secondary N) is 2. The number of halogens is 1. The molecule has 0 aliphatic carbocycles. The van der Waals surface area contributed by atoms with Gasteiger partial charge in [0, 0.05) is 21.8 Å². The molecular formula is C26H23ClN4O2. The summed E-state index contributed by atoms with van der Waals surface area (Å²) >= 11 is 6.04. The number of anilines is 2. The molecule has 4 aromatic rings. The van der Waals surface area contributed by atoms with Crippen LogP contribution in [0.4, 0.5) is 11.6 Å². The summed E-state index contributed by atoms with van der Waals surface area (Å²) in [4.78, 5) is 21.7. The highest BCUT2D eigenvalue weighted by atomic mass is 35.5. The third-order valence-corrected chi connectivity index (χ3v) is 5.26. The SMILES string of the molecule is COc1ccc(-c2cc(-c3ccc(Cl)cc3)nc(NC(=O)CNc3ccc(C)cc3)n2)cc1. The Morgan fingerprint density at radius 2 is 1.45 bits per heavy atom. The summed E-state index contributed by atoms with van der Waals surface area (Å²) in [6.45, 7) is 2.11. The monoisotopic (exact) mass is 458 g/mol. The minimum Gasteiger partial charge on any atom is -0.497 e. The van der Waals surface area contributed by atoms with Crippen molar-refractivity contribution in [3.8, 4) is 28.3 Å². The molecule has 0 aliphatic rings. The number of aromatic nitrogens is 2. The molecule has 0 saturated heterocycles. The van der Waals surface area contributed by atoms with E-state index in [0.717, 1.165) is 28.1 Å². The molecule has 0 radical (unpaired) electrons. The predicted octanol–water partition coefficient (Wildman–Crippen LogP) is 5.83. The van der Waals surface area contributed by atoms with Crippen LogP contribution in [-0.4, -0.2) is 29.5 Å². The van der Waals surface area contributed by atoms with Crippen LogP contribution < -0.4 is 15.4 Å². The fraction of sp³-hybridized carbons (Fsp3) is 0.115. The van der Waals surface area contributed by atoms with Crippen LogP contribution in [-0.2, 0) is 4.79 Å². The molecule has 7 heteroatoms. The Labute approximate surface area is 197 Å². The van der Waals surface area contributed by atoms with Crippen molar-refractivity contribution < 1.29 is 9.53 Å². The Balaban J connectivity index is 1.59. The van der Waals surface area contributed by atoms with Crippen molar-refractivity contribution in [2.45, 2.75) is 6.92 Å². The van der Waals surface area contributed by atoms with Gasteiger partial charge < -0.3 is 10.1 Å². The molecule has 0 aliphatic heterocycles. The number of amides is 1. The smallest absolute Gasteiger partial charge is 0.246 e. The molecule has 1 aromatic heterocycles. The van der Waals surface area contributed by atoms with E-state index in [4.69, 9.17) is 16.3 Å². The Bertz CT molecular complexity index is 1240. The highest BCUT2D eigenvalue weighted by Crippen LogP contribution is 2.27. The first-order valence-corrected chi connectivity index (χ1v) is 10.8. The maximum Gasteiger partial charge on any atom is 0.246 e. The van der Waals surface area contributed by atoms with Crippen molar-refractivity contribution in [2.75, 3.05) is 24.3 Å². The Hall–Kier alpha value is -3.90. The molecule has 4 rings (SSSR count). The zero-order chi connectivity index (χ0) is 23.2. The predicted molar refractivity (Wildman–Crippen MR) is 133 cm³/mol. The number of hydrogen-bond donors (Lipinski definition) is 2. The van der Waals surface area contributed by atoms with E-state index in [0.29, 0.717) is 16.4 Å². The van der Waals surface area contributed by atoms with Gasteiger partial charge in [0.25, 0.3) is 0 Å². The maximum atomic E-state index is 12.6. The lowest BCUT2D eigenvalue weighted by Crippen LogP contribution is -2.23. The van der Waals surface area contributed by atoms with Crippen molar-refractivity contribution >= 4 is 29.1 Å². The molecule has 3 aromatic carbocycles. The largest absolute Gasteiger partial charge is 0.497 e. The molecule has 0 unspecified atom stereocenters. The van der Waals surface area contributed by atoms with Gasteiger partial charge in [0.2, 0.25) is 11.9 Å². The number of hydrogen-bond acceptors (Lipinski definition) is 5. The number of aryl methyl sites for hydroxylation is 1. The molecule has 1 heterocycles. The Morgan fingerprint density at radius 1 is 0.879 bits per heavy atom. The van der Waals surface area contributed by atoms with Gasteiger partial charge in [-0.3, -0.25) is 10.1 Å².